The molecule has 1 saturated heterocycles. The fraction of sp³-hybridized carbons (Fsp3) is 0.500. The van der Waals surface area contributed by atoms with Gasteiger partial charge in [0, 0.05) is 26.2 Å². The number of likely N-dealkylation sites (N-methyl/N-ethyl adjacent to an activating group) is 1. The van der Waals surface area contributed by atoms with Crippen LogP contribution in [0.25, 0.3) is 0 Å². The third-order valence-corrected chi connectivity index (χ3v) is 3.58. The zero-order valence-electron chi connectivity index (χ0n) is 11.2. The maximum atomic E-state index is 12.5. The van der Waals surface area contributed by atoms with Crippen LogP contribution >= 0.6 is 0 Å². The number of nitriles is 1. The quantitative estimate of drug-likeness (QED) is 0.835. The Kier molecular flexibility index (Phi) is 4.31. The second-order valence-electron chi connectivity index (χ2n) is 4.99. The number of piperazine rings is 1. The molecule has 0 N–H and O–H groups in total. The lowest BCUT2D eigenvalue weighted by Crippen LogP contribution is -2.45. The van der Waals surface area contributed by atoms with Gasteiger partial charge in [-0.1, -0.05) is 12.1 Å². The Bertz CT molecular complexity index is 482. The van der Waals surface area contributed by atoms with Gasteiger partial charge >= 0.3 is 6.18 Å². The molecule has 1 aromatic rings. The molecule has 1 unspecified atom stereocenters. The lowest BCUT2D eigenvalue weighted by molar-refractivity contribution is -0.137. The summed E-state index contributed by atoms with van der Waals surface area (Å²) in [5.74, 6) is 0. The minimum atomic E-state index is -4.34. The highest BCUT2D eigenvalue weighted by atomic mass is 19.4. The van der Waals surface area contributed by atoms with E-state index in [0.29, 0.717) is 5.56 Å². The predicted molar refractivity (Wildman–Crippen MR) is 68.9 cm³/mol. The van der Waals surface area contributed by atoms with Crippen LogP contribution in [0, 0.1) is 11.3 Å². The van der Waals surface area contributed by atoms with E-state index in [2.05, 4.69) is 11.0 Å². The van der Waals surface area contributed by atoms with E-state index in [0.717, 1.165) is 38.3 Å². The topological polar surface area (TPSA) is 30.3 Å². The molecule has 6 heteroatoms. The van der Waals surface area contributed by atoms with Crippen molar-refractivity contribution < 1.29 is 13.2 Å². The van der Waals surface area contributed by atoms with Crippen molar-refractivity contribution in [1.29, 1.82) is 5.26 Å². The first-order valence-corrected chi connectivity index (χ1v) is 6.41. The fourth-order valence-electron chi connectivity index (χ4n) is 2.30. The van der Waals surface area contributed by atoms with Crippen LogP contribution < -0.4 is 0 Å². The normalized spacial score (nSPS) is 19.6. The highest BCUT2D eigenvalue weighted by Gasteiger charge is 2.31. The van der Waals surface area contributed by atoms with Gasteiger partial charge in [-0.05, 0) is 24.7 Å². The van der Waals surface area contributed by atoms with Crippen LogP contribution in [0.2, 0.25) is 0 Å². The molecule has 108 valence electrons. The summed E-state index contributed by atoms with van der Waals surface area (Å²) in [5, 5.41) is 9.30. The average Bonchev–Trinajstić information content (AvgIpc) is 2.41. The first-order chi connectivity index (χ1) is 9.41. The van der Waals surface area contributed by atoms with E-state index in [9.17, 15) is 18.4 Å². The summed E-state index contributed by atoms with van der Waals surface area (Å²) in [6.07, 6.45) is -4.34. The molecule has 20 heavy (non-hydrogen) atoms. The zero-order valence-corrected chi connectivity index (χ0v) is 11.2. The van der Waals surface area contributed by atoms with E-state index >= 15 is 0 Å². The van der Waals surface area contributed by atoms with Crippen molar-refractivity contribution >= 4 is 0 Å². The molecular weight excluding hydrogens is 267 g/mol. The fourth-order valence-corrected chi connectivity index (χ4v) is 2.30. The van der Waals surface area contributed by atoms with Gasteiger partial charge in [0.15, 0.2) is 0 Å². The van der Waals surface area contributed by atoms with E-state index in [1.807, 2.05) is 11.9 Å². The van der Waals surface area contributed by atoms with Crippen molar-refractivity contribution in [3.8, 4) is 6.07 Å². The van der Waals surface area contributed by atoms with E-state index < -0.39 is 17.8 Å². The standard InChI is InChI=1S/C14H16F3N3/c1-19-6-8-20(9-7-19)13(10-18)11-2-4-12(5-3-11)14(15,16)17/h2-5,13H,6-9H2,1H3. The SMILES string of the molecule is CN1CCN(C(C#N)c2ccc(C(F)(F)F)cc2)CC1. The maximum absolute atomic E-state index is 12.5. The van der Waals surface area contributed by atoms with Crippen LogP contribution in [0.5, 0.6) is 0 Å². The Balaban J connectivity index is 2.14. The summed E-state index contributed by atoms with van der Waals surface area (Å²) in [4.78, 5) is 4.17. The van der Waals surface area contributed by atoms with Crippen molar-refractivity contribution in [3.63, 3.8) is 0 Å². The van der Waals surface area contributed by atoms with Crippen LogP contribution in [-0.4, -0.2) is 43.0 Å². The van der Waals surface area contributed by atoms with Crippen LogP contribution in [0.15, 0.2) is 24.3 Å². The van der Waals surface area contributed by atoms with Crippen LogP contribution in [0.3, 0.4) is 0 Å². The predicted octanol–water partition coefficient (Wildman–Crippen LogP) is 2.52. The minimum absolute atomic E-state index is 0.481. The van der Waals surface area contributed by atoms with Crippen LogP contribution in [0.4, 0.5) is 13.2 Å². The molecule has 0 radical (unpaired) electrons. The molecule has 2 rings (SSSR count). The molecule has 3 nitrogen and oxygen atoms in total. The molecule has 1 aromatic carbocycles. The lowest BCUT2D eigenvalue weighted by Gasteiger charge is -2.35. The molecule has 0 aromatic heterocycles. The van der Waals surface area contributed by atoms with Gasteiger partial charge in [0.2, 0.25) is 0 Å². The number of nitrogens with zero attached hydrogens (tertiary/aromatic N) is 3. The van der Waals surface area contributed by atoms with Gasteiger partial charge in [-0.2, -0.15) is 18.4 Å². The van der Waals surface area contributed by atoms with E-state index in [-0.39, 0.29) is 0 Å². The summed E-state index contributed by atoms with van der Waals surface area (Å²) in [7, 11) is 2.01. The molecule has 1 aliphatic heterocycles. The average molecular weight is 283 g/mol. The van der Waals surface area contributed by atoms with Crippen molar-refractivity contribution in [1.82, 2.24) is 9.80 Å². The monoisotopic (exact) mass is 283 g/mol. The zero-order chi connectivity index (χ0) is 14.8. The second-order valence-corrected chi connectivity index (χ2v) is 4.99. The van der Waals surface area contributed by atoms with Gasteiger partial charge in [-0.3, -0.25) is 4.90 Å². The largest absolute Gasteiger partial charge is 0.416 e. The molecule has 1 aliphatic rings. The summed E-state index contributed by atoms with van der Waals surface area (Å²) in [5.41, 5.74) is -0.0682. The van der Waals surface area contributed by atoms with Crippen molar-refractivity contribution in [2.75, 3.05) is 33.2 Å². The van der Waals surface area contributed by atoms with Crippen LogP contribution in [-0.2, 0) is 6.18 Å². The third-order valence-electron chi connectivity index (χ3n) is 3.58. The number of benzene rings is 1. The second kappa shape index (κ2) is 5.81. The Morgan fingerprint density at radius 3 is 2.10 bits per heavy atom. The number of rotatable bonds is 2. The Labute approximate surface area is 116 Å². The minimum Gasteiger partial charge on any atom is -0.304 e. The molecular formula is C14H16F3N3. The van der Waals surface area contributed by atoms with E-state index in [4.69, 9.17) is 0 Å². The first-order valence-electron chi connectivity index (χ1n) is 6.41. The van der Waals surface area contributed by atoms with E-state index in [1.54, 1.807) is 0 Å². The van der Waals surface area contributed by atoms with Gasteiger partial charge in [0.25, 0.3) is 0 Å². The number of alkyl halides is 3. The van der Waals surface area contributed by atoms with Gasteiger partial charge in [0.05, 0.1) is 11.6 Å². The molecule has 0 saturated carbocycles. The lowest BCUT2D eigenvalue weighted by atomic mass is 10.0. The molecule has 1 heterocycles. The summed E-state index contributed by atoms with van der Waals surface area (Å²) >= 11 is 0. The smallest absolute Gasteiger partial charge is 0.304 e. The molecule has 0 aliphatic carbocycles. The molecule has 0 bridgehead atoms. The molecule has 1 fully saturated rings. The molecule has 1 atom stereocenters. The third kappa shape index (κ3) is 3.30. The number of halogens is 3. The summed E-state index contributed by atoms with van der Waals surface area (Å²) < 4.78 is 37.6. The highest BCUT2D eigenvalue weighted by molar-refractivity contribution is 5.29. The summed E-state index contributed by atoms with van der Waals surface area (Å²) in [6.45, 7) is 3.21. The first kappa shape index (κ1) is 14.8. The van der Waals surface area contributed by atoms with E-state index in [1.165, 1.54) is 12.1 Å². The highest BCUT2D eigenvalue weighted by Crippen LogP contribution is 2.30. The molecule has 0 spiro atoms. The maximum Gasteiger partial charge on any atom is 0.416 e. The number of hydrogen-bond acceptors (Lipinski definition) is 3. The van der Waals surface area contributed by atoms with Crippen LogP contribution in [0.1, 0.15) is 17.2 Å². The van der Waals surface area contributed by atoms with Gasteiger partial charge < -0.3 is 4.90 Å². The Hall–Kier alpha value is -1.58. The Morgan fingerprint density at radius 2 is 1.65 bits per heavy atom. The van der Waals surface area contributed by atoms with Crippen molar-refractivity contribution in [2.45, 2.75) is 12.2 Å². The molecule has 0 amide bonds. The van der Waals surface area contributed by atoms with Crippen molar-refractivity contribution in [3.05, 3.63) is 35.4 Å². The Morgan fingerprint density at radius 1 is 1.10 bits per heavy atom. The summed E-state index contributed by atoms with van der Waals surface area (Å²) in [6, 6.07) is 6.58. The van der Waals surface area contributed by atoms with Gasteiger partial charge in [-0.15, -0.1) is 0 Å². The van der Waals surface area contributed by atoms with Crippen molar-refractivity contribution in [2.24, 2.45) is 0 Å². The van der Waals surface area contributed by atoms with Gasteiger partial charge in [0.1, 0.15) is 6.04 Å². The van der Waals surface area contributed by atoms with Gasteiger partial charge in [-0.25, -0.2) is 0 Å². The number of hydrogen-bond donors (Lipinski definition) is 0.